The van der Waals surface area contributed by atoms with Crippen molar-refractivity contribution < 1.29 is 19.4 Å². The molecule has 18 heavy (non-hydrogen) atoms. The fourth-order valence-electron chi connectivity index (χ4n) is 1.16. The minimum absolute atomic E-state index is 0.0456. The second-order valence-electron chi connectivity index (χ2n) is 3.06. The van der Waals surface area contributed by atoms with Crippen LogP contribution in [-0.4, -0.2) is 50.0 Å². The molecule has 0 fully saturated rings. The highest BCUT2D eigenvalue weighted by molar-refractivity contribution is 5.85. The van der Waals surface area contributed by atoms with E-state index < -0.39 is 5.97 Å². The summed E-state index contributed by atoms with van der Waals surface area (Å²) in [5.41, 5.74) is -0.117. The van der Waals surface area contributed by atoms with E-state index in [0.29, 0.717) is 0 Å². The van der Waals surface area contributed by atoms with E-state index in [2.05, 4.69) is 20.1 Å². The van der Waals surface area contributed by atoms with E-state index in [0.717, 1.165) is 0 Å². The smallest absolute Gasteiger partial charge is 0.356 e. The fourth-order valence-corrected chi connectivity index (χ4v) is 1.16. The first-order valence-electron chi connectivity index (χ1n) is 4.77. The minimum Gasteiger partial charge on any atom is -0.476 e. The zero-order valence-corrected chi connectivity index (χ0v) is 9.56. The predicted octanol–water partition coefficient (Wildman–Crippen LogP) is -0.227. The van der Waals surface area contributed by atoms with E-state index in [1.165, 1.54) is 31.2 Å². The van der Waals surface area contributed by atoms with Crippen LogP contribution >= 0.6 is 0 Å². The van der Waals surface area contributed by atoms with Gasteiger partial charge >= 0.3 is 18.0 Å². The standard InChI is InChI=1S/C9H9N5O4/c1-17-8-10-7(11-9(12-8)18-2)14-4-3-5(13-14)6(15)16/h3-4H,1-2H3,(H,15,16). The molecule has 2 aromatic rings. The molecule has 94 valence electrons. The average Bonchev–Trinajstić information content (AvgIpc) is 2.87. The molecule has 0 atom stereocenters. The summed E-state index contributed by atoms with van der Waals surface area (Å²) < 4.78 is 10.9. The fraction of sp³-hybridized carbons (Fsp3) is 0.222. The lowest BCUT2D eigenvalue weighted by Crippen LogP contribution is -2.08. The van der Waals surface area contributed by atoms with E-state index >= 15 is 0 Å². The molecule has 9 nitrogen and oxygen atoms in total. The largest absolute Gasteiger partial charge is 0.476 e. The van der Waals surface area contributed by atoms with Gasteiger partial charge in [-0.3, -0.25) is 0 Å². The molecule has 9 heteroatoms. The number of hydrogen-bond acceptors (Lipinski definition) is 7. The third kappa shape index (κ3) is 2.19. The van der Waals surface area contributed by atoms with Gasteiger partial charge in [-0.2, -0.15) is 15.1 Å². The lowest BCUT2D eigenvalue weighted by Gasteiger charge is -2.04. The van der Waals surface area contributed by atoms with Crippen molar-refractivity contribution in [1.82, 2.24) is 24.7 Å². The summed E-state index contributed by atoms with van der Waals surface area (Å²) in [5, 5.41) is 12.6. The molecular weight excluding hydrogens is 242 g/mol. The molecule has 0 saturated carbocycles. The second kappa shape index (κ2) is 4.65. The van der Waals surface area contributed by atoms with Gasteiger partial charge in [-0.15, -0.1) is 4.98 Å². The molecule has 0 unspecified atom stereocenters. The number of methoxy groups -OCH3 is 2. The Morgan fingerprint density at radius 2 is 1.83 bits per heavy atom. The van der Waals surface area contributed by atoms with Gasteiger partial charge in [0.05, 0.1) is 14.2 Å². The topological polar surface area (TPSA) is 112 Å². The molecule has 1 N–H and O–H groups in total. The molecule has 2 heterocycles. The van der Waals surface area contributed by atoms with Gasteiger partial charge in [0.1, 0.15) is 0 Å². The van der Waals surface area contributed by atoms with Crippen LogP contribution in [0.1, 0.15) is 10.5 Å². The van der Waals surface area contributed by atoms with Crippen LogP contribution in [0.3, 0.4) is 0 Å². The van der Waals surface area contributed by atoms with Crippen molar-refractivity contribution in [3.8, 4) is 18.0 Å². The first-order valence-corrected chi connectivity index (χ1v) is 4.77. The van der Waals surface area contributed by atoms with Gasteiger partial charge in [0.15, 0.2) is 5.69 Å². The number of hydrogen-bond donors (Lipinski definition) is 1. The van der Waals surface area contributed by atoms with E-state index in [9.17, 15) is 4.79 Å². The summed E-state index contributed by atoms with van der Waals surface area (Å²) in [5.74, 6) is -1.03. The Morgan fingerprint density at radius 1 is 1.22 bits per heavy atom. The Labute approximate surface area is 101 Å². The molecular formula is C9H9N5O4. The summed E-state index contributed by atoms with van der Waals surface area (Å²) in [7, 11) is 2.79. The quantitative estimate of drug-likeness (QED) is 0.793. The van der Waals surface area contributed by atoms with Crippen LogP contribution in [0.2, 0.25) is 0 Å². The molecule has 0 bridgehead atoms. The van der Waals surface area contributed by atoms with Crippen LogP contribution < -0.4 is 9.47 Å². The van der Waals surface area contributed by atoms with Gasteiger partial charge in [0, 0.05) is 6.20 Å². The zero-order valence-electron chi connectivity index (χ0n) is 9.56. The Hall–Kier alpha value is -2.71. The number of carboxylic acid groups (broad SMARTS) is 1. The SMILES string of the molecule is COc1nc(OC)nc(-n2ccc(C(=O)O)n2)n1. The summed E-state index contributed by atoms with van der Waals surface area (Å²) in [6.45, 7) is 0. The van der Waals surface area contributed by atoms with Gasteiger partial charge in [-0.1, -0.05) is 0 Å². The van der Waals surface area contributed by atoms with E-state index in [4.69, 9.17) is 14.6 Å². The normalized spacial score (nSPS) is 10.1. The number of aromatic nitrogens is 5. The Kier molecular flexibility index (Phi) is 3.04. The zero-order chi connectivity index (χ0) is 13.1. The Morgan fingerprint density at radius 3 is 2.28 bits per heavy atom. The van der Waals surface area contributed by atoms with E-state index in [1.54, 1.807) is 0 Å². The first kappa shape index (κ1) is 11.8. The lowest BCUT2D eigenvalue weighted by atomic mass is 10.5. The second-order valence-corrected chi connectivity index (χ2v) is 3.06. The highest BCUT2D eigenvalue weighted by atomic mass is 16.5. The maximum Gasteiger partial charge on any atom is 0.356 e. The van der Waals surface area contributed by atoms with Crippen LogP contribution in [0.5, 0.6) is 12.0 Å². The van der Waals surface area contributed by atoms with Crippen LogP contribution in [0.4, 0.5) is 0 Å². The Bertz CT molecular complexity index is 560. The molecule has 0 saturated heterocycles. The molecule has 2 aromatic heterocycles. The summed E-state index contributed by atoms with van der Waals surface area (Å²) >= 11 is 0. The van der Waals surface area contributed by atoms with Gasteiger partial charge in [-0.25, -0.2) is 9.48 Å². The molecule has 2 rings (SSSR count). The summed E-state index contributed by atoms with van der Waals surface area (Å²) in [4.78, 5) is 22.4. The van der Waals surface area contributed by atoms with E-state index in [1.807, 2.05) is 0 Å². The lowest BCUT2D eigenvalue weighted by molar-refractivity contribution is 0.0690. The average molecular weight is 251 g/mol. The van der Waals surface area contributed by atoms with Crippen LogP contribution in [0.25, 0.3) is 5.95 Å². The number of aromatic carboxylic acids is 1. The molecule has 0 aliphatic rings. The van der Waals surface area contributed by atoms with Crippen LogP contribution in [-0.2, 0) is 0 Å². The first-order chi connectivity index (χ1) is 8.63. The molecule has 0 aromatic carbocycles. The van der Waals surface area contributed by atoms with Crippen molar-refractivity contribution >= 4 is 5.97 Å². The van der Waals surface area contributed by atoms with Crippen molar-refractivity contribution in [1.29, 1.82) is 0 Å². The van der Waals surface area contributed by atoms with Crippen LogP contribution in [0.15, 0.2) is 12.3 Å². The van der Waals surface area contributed by atoms with Crippen LogP contribution in [0, 0.1) is 0 Å². The van der Waals surface area contributed by atoms with Crippen molar-refractivity contribution in [2.75, 3.05) is 14.2 Å². The van der Waals surface area contributed by atoms with Crippen molar-refractivity contribution in [3.63, 3.8) is 0 Å². The van der Waals surface area contributed by atoms with Crippen molar-refractivity contribution in [2.24, 2.45) is 0 Å². The van der Waals surface area contributed by atoms with Crippen molar-refractivity contribution in [3.05, 3.63) is 18.0 Å². The highest BCUT2D eigenvalue weighted by Crippen LogP contribution is 2.11. The maximum absolute atomic E-state index is 10.7. The molecule has 0 radical (unpaired) electrons. The minimum atomic E-state index is -1.14. The number of carbonyl (C=O) groups is 1. The Balaban J connectivity index is 2.45. The summed E-state index contributed by atoms with van der Waals surface area (Å²) in [6.07, 6.45) is 1.41. The van der Waals surface area contributed by atoms with Gasteiger partial charge in [0.2, 0.25) is 0 Å². The molecule has 0 aliphatic carbocycles. The third-order valence-electron chi connectivity index (χ3n) is 1.96. The number of rotatable bonds is 4. The van der Waals surface area contributed by atoms with Gasteiger partial charge in [-0.05, 0) is 6.07 Å². The molecule has 0 spiro atoms. The molecule has 0 amide bonds. The number of nitrogens with zero attached hydrogens (tertiary/aromatic N) is 5. The number of carboxylic acids is 1. The van der Waals surface area contributed by atoms with E-state index in [-0.39, 0.29) is 23.7 Å². The van der Waals surface area contributed by atoms with Gasteiger partial charge < -0.3 is 14.6 Å². The predicted molar refractivity (Wildman–Crippen MR) is 57.0 cm³/mol. The van der Waals surface area contributed by atoms with Gasteiger partial charge in [0.25, 0.3) is 5.95 Å². The maximum atomic E-state index is 10.7. The number of ether oxygens (including phenoxy) is 2. The third-order valence-corrected chi connectivity index (χ3v) is 1.96. The summed E-state index contributed by atoms with van der Waals surface area (Å²) in [6, 6.07) is 1.42. The highest BCUT2D eigenvalue weighted by Gasteiger charge is 2.12. The monoisotopic (exact) mass is 251 g/mol. The molecule has 0 aliphatic heterocycles. The van der Waals surface area contributed by atoms with Crippen molar-refractivity contribution in [2.45, 2.75) is 0 Å².